The normalized spacial score (nSPS) is 22.3. The van der Waals surface area contributed by atoms with Gasteiger partial charge < -0.3 is 16.0 Å². The van der Waals surface area contributed by atoms with Crippen molar-refractivity contribution in [2.75, 3.05) is 18.1 Å². The predicted molar refractivity (Wildman–Crippen MR) is 83.7 cm³/mol. The zero-order chi connectivity index (χ0) is 14.5. The number of nitrogens with zero attached hydrogens (tertiary/aromatic N) is 1. The highest BCUT2D eigenvalue weighted by Gasteiger charge is 2.25. The minimum absolute atomic E-state index is 0.0458. The maximum atomic E-state index is 12.2. The first-order valence-corrected chi connectivity index (χ1v) is 7.49. The number of carbonyl (C=O) groups is 1. The summed E-state index contributed by atoms with van der Waals surface area (Å²) in [6.45, 7) is 2.25. The van der Waals surface area contributed by atoms with Crippen LogP contribution < -0.4 is 11.1 Å². The fraction of sp³-hybridized carbons (Fsp3) is 0.562. The summed E-state index contributed by atoms with van der Waals surface area (Å²) >= 11 is 0. The lowest BCUT2D eigenvalue weighted by atomic mass is 9.84. The first-order valence-electron chi connectivity index (χ1n) is 7.49. The summed E-state index contributed by atoms with van der Waals surface area (Å²) in [7, 11) is 1.89. The van der Waals surface area contributed by atoms with Crippen molar-refractivity contribution in [1.29, 1.82) is 0 Å². The van der Waals surface area contributed by atoms with E-state index in [0.29, 0.717) is 11.7 Å². The highest BCUT2D eigenvalue weighted by molar-refractivity contribution is 5.89. The number of urea groups is 1. The highest BCUT2D eigenvalue weighted by atomic mass is 16.2. The molecule has 3 N–H and O–H groups in total. The number of hydrogen-bond donors (Lipinski definition) is 2. The van der Waals surface area contributed by atoms with E-state index in [-0.39, 0.29) is 6.03 Å². The van der Waals surface area contributed by atoms with E-state index in [2.05, 4.69) is 12.2 Å². The van der Waals surface area contributed by atoms with Gasteiger partial charge in [0, 0.05) is 24.5 Å². The van der Waals surface area contributed by atoms with E-state index in [4.69, 9.17) is 5.73 Å². The van der Waals surface area contributed by atoms with Crippen LogP contribution in [-0.2, 0) is 0 Å². The Bertz CT molecular complexity index is 453. The van der Waals surface area contributed by atoms with Crippen LogP contribution in [0.25, 0.3) is 0 Å². The maximum absolute atomic E-state index is 12.2. The summed E-state index contributed by atoms with van der Waals surface area (Å²) < 4.78 is 0. The standard InChI is InChI=1S/C16H25N3O/c1-3-12-7-9-15(10-8-12)19(2)16(20)18-14-6-4-5-13(17)11-14/h4-6,11-12,15H,3,7-10,17H2,1-2H3,(H,18,20). The van der Waals surface area contributed by atoms with Crippen molar-refractivity contribution in [3.05, 3.63) is 24.3 Å². The molecule has 2 rings (SSSR count). The van der Waals surface area contributed by atoms with Gasteiger partial charge in [-0.05, 0) is 49.8 Å². The van der Waals surface area contributed by atoms with Crippen molar-refractivity contribution in [2.24, 2.45) is 5.92 Å². The molecule has 0 aliphatic heterocycles. The summed E-state index contributed by atoms with van der Waals surface area (Å²) in [4.78, 5) is 14.1. The van der Waals surface area contributed by atoms with Crippen LogP contribution in [0.15, 0.2) is 24.3 Å². The van der Waals surface area contributed by atoms with Crippen LogP contribution in [0.2, 0.25) is 0 Å². The molecule has 1 aromatic rings. The Balaban J connectivity index is 1.89. The van der Waals surface area contributed by atoms with E-state index < -0.39 is 0 Å². The Morgan fingerprint density at radius 3 is 2.65 bits per heavy atom. The van der Waals surface area contributed by atoms with E-state index >= 15 is 0 Å². The van der Waals surface area contributed by atoms with Crippen molar-refractivity contribution in [2.45, 2.75) is 45.1 Å². The first kappa shape index (κ1) is 14.7. The third-order valence-corrected chi connectivity index (χ3v) is 4.40. The van der Waals surface area contributed by atoms with Crippen LogP contribution in [0.4, 0.5) is 16.2 Å². The maximum Gasteiger partial charge on any atom is 0.321 e. The monoisotopic (exact) mass is 275 g/mol. The van der Waals surface area contributed by atoms with Crippen molar-refractivity contribution < 1.29 is 4.79 Å². The number of anilines is 2. The zero-order valence-corrected chi connectivity index (χ0v) is 12.4. The minimum Gasteiger partial charge on any atom is -0.399 e. The van der Waals surface area contributed by atoms with Gasteiger partial charge in [-0.3, -0.25) is 0 Å². The molecule has 20 heavy (non-hydrogen) atoms. The minimum atomic E-state index is -0.0458. The second kappa shape index (κ2) is 6.64. The Hall–Kier alpha value is -1.71. The lowest BCUT2D eigenvalue weighted by Crippen LogP contribution is -2.41. The molecule has 2 amide bonds. The SMILES string of the molecule is CCC1CCC(N(C)C(=O)Nc2cccc(N)c2)CC1. The number of rotatable bonds is 3. The Morgan fingerprint density at radius 1 is 1.35 bits per heavy atom. The Morgan fingerprint density at radius 2 is 2.05 bits per heavy atom. The van der Waals surface area contributed by atoms with Crippen molar-refractivity contribution in [3.8, 4) is 0 Å². The largest absolute Gasteiger partial charge is 0.399 e. The molecule has 110 valence electrons. The average Bonchev–Trinajstić information content (AvgIpc) is 2.46. The highest BCUT2D eigenvalue weighted by Crippen LogP contribution is 2.29. The fourth-order valence-corrected chi connectivity index (χ4v) is 2.93. The summed E-state index contributed by atoms with van der Waals surface area (Å²) in [5.41, 5.74) is 7.13. The van der Waals surface area contributed by atoms with E-state index in [9.17, 15) is 4.79 Å². The van der Waals surface area contributed by atoms with Crippen molar-refractivity contribution in [1.82, 2.24) is 4.90 Å². The molecular weight excluding hydrogens is 250 g/mol. The van der Waals surface area contributed by atoms with Gasteiger partial charge in [-0.1, -0.05) is 19.4 Å². The summed E-state index contributed by atoms with van der Waals surface area (Å²) in [5.74, 6) is 0.844. The smallest absolute Gasteiger partial charge is 0.321 e. The first-order chi connectivity index (χ1) is 9.60. The van der Waals surface area contributed by atoms with Crippen LogP contribution in [-0.4, -0.2) is 24.0 Å². The Kier molecular flexibility index (Phi) is 4.88. The zero-order valence-electron chi connectivity index (χ0n) is 12.4. The van der Waals surface area contributed by atoms with Gasteiger partial charge >= 0.3 is 6.03 Å². The molecule has 0 bridgehead atoms. The molecule has 0 heterocycles. The molecular formula is C16H25N3O. The van der Waals surface area contributed by atoms with Gasteiger partial charge in [0.1, 0.15) is 0 Å². The van der Waals surface area contributed by atoms with Gasteiger partial charge in [-0.2, -0.15) is 0 Å². The van der Waals surface area contributed by atoms with Gasteiger partial charge in [-0.25, -0.2) is 4.79 Å². The van der Waals surface area contributed by atoms with Gasteiger partial charge in [0.15, 0.2) is 0 Å². The second-order valence-electron chi connectivity index (χ2n) is 5.75. The lowest BCUT2D eigenvalue weighted by molar-refractivity contribution is 0.170. The van der Waals surface area contributed by atoms with Gasteiger partial charge in [0.25, 0.3) is 0 Å². The molecule has 4 nitrogen and oxygen atoms in total. The Labute approximate surface area is 121 Å². The molecule has 0 saturated heterocycles. The predicted octanol–water partition coefficient (Wildman–Crippen LogP) is 3.70. The van der Waals surface area contributed by atoms with Crippen molar-refractivity contribution >= 4 is 17.4 Å². The molecule has 0 atom stereocenters. The van der Waals surface area contributed by atoms with Crippen LogP contribution in [0.1, 0.15) is 39.0 Å². The molecule has 1 aliphatic rings. The van der Waals surface area contributed by atoms with E-state index in [1.54, 1.807) is 6.07 Å². The molecule has 1 saturated carbocycles. The third-order valence-electron chi connectivity index (χ3n) is 4.40. The average molecular weight is 275 g/mol. The summed E-state index contributed by atoms with van der Waals surface area (Å²) in [6.07, 6.45) is 5.94. The van der Waals surface area contributed by atoms with Crippen LogP contribution in [0, 0.1) is 5.92 Å². The fourth-order valence-electron chi connectivity index (χ4n) is 2.93. The molecule has 0 radical (unpaired) electrons. The van der Waals surface area contributed by atoms with Crippen LogP contribution in [0.5, 0.6) is 0 Å². The van der Waals surface area contributed by atoms with Crippen LogP contribution >= 0.6 is 0 Å². The molecule has 1 fully saturated rings. The molecule has 1 aromatic carbocycles. The van der Waals surface area contributed by atoms with E-state index in [0.717, 1.165) is 24.4 Å². The molecule has 4 heteroatoms. The number of hydrogen-bond acceptors (Lipinski definition) is 2. The quantitative estimate of drug-likeness (QED) is 0.826. The molecule has 0 spiro atoms. The van der Waals surface area contributed by atoms with Gasteiger partial charge in [0.2, 0.25) is 0 Å². The number of amides is 2. The van der Waals surface area contributed by atoms with Crippen molar-refractivity contribution in [3.63, 3.8) is 0 Å². The van der Waals surface area contributed by atoms with Gasteiger partial charge in [-0.15, -0.1) is 0 Å². The number of carbonyl (C=O) groups excluding carboxylic acids is 1. The molecule has 0 aromatic heterocycles. The number of benzene rings is 1. The summed E-state index contributed by atoms with van der Waals surface area (Å²) in [6, 6.07) is 7.60. The topological polar surface area (TPSA) is 58.4 Å². The number of nitrogen functional groups attached to an aromatic ring is 1. The summed E-state index contributed by atoms with van der Waals surface area (Å²) in [5, 5.41) is 2.91. The van der Waals surface area contributed by atoms with Gasteiger partial charge in [0.05, 0.1) is 0 Å². The number of nitrogens with one attached hydrogen (secondary N) is 1. The lowest BCUT2D eigenvalue weighted by Gasteiger charge is -2.34. The van der Waals surface area contributed by atoms with E-state index in [1.165, 1.54) is 19.3 Å². The van der Waals surface area contributed by atoms with E-state index in [1.807, 2.05) is 30.1 Å². The second-order valence-corrected chi connectivity index (χ2v) is 5.75. The third kappa shape index (κ3) is 3.65. The molecule has 0 unspecified atom stereocenters. The number of nitrogens with two attached hydrogens (primary N) is 1. The van der Waals surface area contributed by atoms with Crippen LogP contribution in [0.3, 0.4) is 0 Å². The molecule has 1 aliphatic carbocycles.